The molecule has 0 bridgehead atoms. The predicted octanol–water partition coefficient (Wildman–Crippen LogP) is 0.149. The number of aromatic nitrogens is 2. The fourth-order valence-electron chi connectivity index (χ4n) is 1.84. The SMILES string of the molecule is CCc1[nH]nc(C(=O)NCC2(C)CC2)c1S(N)(=O)=O. The first-order chi connectivity index (χ1) is 8.77. The number of nitrogens with one attached hydrogen (secondary N) is 2. The first-order valence-corrected chi connectivity index (χ1v) is 7.70. The number of hydrogen-bond acceptors (Lipinski definition) is 4. The number of hydrogen-bond donors (Lipinski definition) is 3. The van der Waals surface area contributed by atoms with Gasteiger partial charge in [-0.2, -0.15) is 5.10 Å². The van der Waals surface area contributed by atoms with Crippen molar-refractivity contribution >= 4 is 15.9 Å². The molecule has 1 aromatic heterocycles. The van der Waals surface area contributed by atoms with E-state index < -0.39 is 15.9 Å². The smallest absolute Gasteiger partial charge is 0.273 e. The molecule has 8 heteroatoms. The molecule has 0 aliphatic heterocycles. The highest BCUT2D eigenvalue weighted by Gasteiger charge is 2.38. The summed E-state index contributed by atoms with van der Waals surface area (Å²) in [6.07, 6.45) is 2.54. The zero-order valence-electron chi connectivity index (χ0n) is 11.0. The van der Waals surface area contributed by atoms with Gasteiger partial charge in [0.1, 0.15) is 4.90 Å². The van der Waals surface area contributed by atoms with Gasteiger partial charge in [0.25, 0.3) is 5.91 Å². The van der Waals surface area contributed by atoms with Crippen molar-refractivity contribution in [2.75, 3.05) is 6.54 Å². The number of rotatable bonds is 5. The van der Waals surface area contributed by atoms with Crippen LogP contribution in [-0.4, -0.2) is 31.1 Å². The van der Waals surface area contributed by atoms with Gasteiger partial charge >= 0.3 is 0 Å². The van der Waals surface area contributed by atoms with Crippen LogP contribution < -0.4 is 10.5 Å². The number of aryl methyl sites for hydroxylation is 1. The van der Waals surface area contributed by atoms with Crippen LogP contribution in [0.4, 0.5) is 0 Å². The van der Waals surface area contributed by atoms with E-state index in [1.165, 1.54) is 0 Å². The average Bonchev–Trinajstić information content (AvgIpc) is 2.91. The first-order valence-electron chi connectivity index (χ1n) is 6.15. The Bertz CT molecular complexity index is 601. The molecule has 0 radical (unpaired) electrons. The van der Waals surface area contributed by atoms with E-state index in [4.69, 9.17) is 5.14 Å². The first kappa shape index (κ1) is 14.0. The van der Waals surface area contributed by atoms with Crippen molar-refractivity contribution < 1.29 is 13.2 Å². The van der Waals surface area contributed by atoms with Gasteiger partial charge in [-0.3, -0.25) is 9.89 Å². The summed E-state index contributed by atoms with van der Waals surface area (Å²) in [5.41, 5.74) is 0.343. The van der Waals surface area contributed by atoms with Crippen LogP contribution in [-0.2, 0) is 16.4 Å². The molecule has 0 saturated heterocycles. The van der Waals surface area contributed by atoms with Crippen LogP contribution in [0, 0.1) is 5.41 Å². The van der Waals surface area contributed by atoms with Crippen LogP contribution in [0.5, 0.6) is 0 Å². The standard InChI is InChI=1S/C11H18N4O3S/c1-3-7-9(19(12,17)18)8(15-14-7)10(16)13-6-11(2)4-5-11/h3-6H2,1-2H3,(H,13,16)(H,14,15)(H2,12,17,18). The molecule has 1 aliphatic rings. The quantitative estimate of drug-likeness (QED) is 0.714. The molecule has 0 atom stereocenters. The number of H-pyrrole nitrogens is 1. The molecule has 106 valence electrons. The van der Waals surface area contributed by atoms with Crippen molar-refractivity contribution in [1.29, 1.82) is 0 Å². The number of carbonyl (C=O) groups excluding carboxylic acids is 1. The van der Waals surface area contributed by atoms with E-state index in [0.29, 0.717) is 18.7 Å². The number of carbonyl (C=O) groups is 1. The van der Waals surface area contributed by atoms with Gasteiger partial charge in [0, 0.05) is 6.54 Å². The lowest BCUT2D eigenvalue weighted by Crippen LogP contribution is -2.31. The molecule has 1 heterocycles. The molecule has 1 saturated carbocycles. The van der Waals surface area contributed by atoms with Crippen LogP contribution in [0.25, 0.3) is 0 Å². The second-order valence-corrected chi connectivity index (χ2v) is 6.77. The van der Waals surface area contributed by atoms with Crippen molar-refractivity contribution in [3.8, 4) is 0 Å². The third-order valence-electron chi connectivity index (χ3n) is 3.42. The molecule has 0 unspecified atom stereocenters. The highest BCUT2D eigenvalue weighted by Crippen LogP contribution is 2.44. The van der Waals surface area contributed by atoms with Crippen molar-refractivity contribution in [2.45, 2.75) is 38.0 Å². The van der Waals surface area contributed by atoms with Gasteiger partial charge in [-0.05, 0) is 24.7 Å². The zero-order chi connectivity index (χ0) is 14.3. The summed E-state index contributed by atoms with van der Waals surface area (Å²) in [6, 6.07) is 0. The normalized spacial score (nSPS) is 17.2. The molecule has 1 fully saturated rings. The van der Waals surface area contributed by atoms with Gasteiger partial charge in [-0.15, -0.1) is 0 Å². The van der Waals surface area contributed by atoms with E-state index in [1.807, 2.05) is 0 Å². The molecule has 4 N–H and O–H groups in total. The second kappa shape index (κ2) is 4.61. The molecule has 0 aromatic carbocycles. The Kier molecular flexibility index (Phi) is 3.40. The van der Waals surface area contributed by atoms with Gasteiger partial charge < -0.3 is 5.32 Å². The van der Waals surface area contributed by atoms with E-state index in [2.05, 4.69) is 22.4 Å². The van der Waals surface area contributed by atoms with Crippen LogP contribution in [0.1, 0.15) is 42.9 Å². The van der Waals surface area contributed by atoms with Crippen molar-refractivity contribution in [3.05, 3.63) is 11.4 Å². The Morgan fingerprint density at radius 3 is 2.63 bits per heavy atom. The summed E-state index contributed by atoms with van der Waals surface area (Å²) in [4.78, 5) is 11.8. The monoisotopic (exact) mass is 286 g/mol. The average molecular weight is 286 g/mol. The van der Waals surface area contributed by atoms with Gasteiger partial charge in [0.05, 0.1) is 5.69 Å². The highest BCUT2D eigenvalue weighted by atomic mass is 32.2. The number of amides is 1. The van der Waals surface area contributed by atoms with Gasteiger partial charge in [-0.25, -0.2) is 13.6 Å². The minimum atomic E-state index is -3.97. The lowest BCUT2D eigenvalue weighted by Gasteiger charge is -2.09. The van der Waals surface area contributed by atoms with Gasteiger partial charge in [0.15, 0.2) is 5.69 Å². The Morgan fingerprint density at radius 2 is 2.16 bits per heavy atom. The Morgan fingerprint density at radius 1 is 1.53 bits per heavy atom. The third kappa shape index (κ3) is 2.95. The maximum Gasteiger partial charge on any atom is 0.273 e. The number of sulfonamides is 1. The summed E-state index contributed by atoms with van der Waals surface area (Å²) in [5.74, 6) is -0.506. The Labute approximate surface area is 112 Å². The zero-order valence-corrected chi connectivity index (χ0v) is 11.8. The predicted molar refractivity (Wildman–Crippen MR) is 69.0 cm³/mol. The fourth-order valence-corrected chi connectivity index (χ4v) is 2.78. The maximum absolute atomic E-state index is 12.0. The van der Waals surface area contributed by atoms with E-state index >= 15 is 0 Å². The van der Waals surface area contributed by atoms with Crippen LogP contribution in [0.2, 0.25) is 0 Å². The molecule has 1 aliphatic carbocycles. The summed E-state index contributed by atoms with van der Waals surface area (Å²) < 4.78 is 23.1. The Balaban J connectivity index is 2.24. The molecular formula is C11H18N4O3S. The van der Waals surface area contributed by atoms with Crippen molar-refractivity contribution in [1.82, 2.24) is 15.5 Å². The lowest BCUT2D eigenvalue weighted by atomic mass is 10.1. The van der Waals surface area contributed by atoms with Crippen molar-refractivity contribution in [3.63, 3.8) is 0 Å². The molecule has 1 amide bonds. The number of aromatic amines is 1. The topological polar surface area (TPSA) is 118 Å². The molecule has 2 rings (SSSR count). The summed E-state index contributed by atoms with van der Waals surface area (Å²) in [7, 11) is -3.97. The second-order valence-electron chi connectivity index (χ2n) is 5.27. The Hall–Kier alpha value is -1.41. The van der Waals surface area contributed by atoms with E-state index in [-0.39, 0.29) is 16.0 Å². The van der Waals surface area contributed by atoms with Crippen LogP contribution in [0.3, 0.4) is 0 Å². The minimum absolute atomic E-state index is 0.140. The van der Waals surface area contributed by atoms with Crippen LogP contribution in [0.15, 0.2) is 4.90 Å². The number of nitrogens with two attached hydrogens (primary N) is 1. The summed E-state index contributed by atoms with van der Waals surface area (Å²) in [6.45, 7) is 4.34. The summed E-state index contributed by atoms with van der Waals surface area (Å²) in [5, 5.41) is 14.2. The fraction of sp³-hybridized carbons (Fsp3) is 0.636. The van der Waals surface area contributed by atoms with E-state index in [1.54, 1.807) is 6.92 Å². The molecule has 19 heavy (non-hydrogen) atoms. The molecule has 0 spiro atoms. The van der Waals surface area contributed by atoms with Gasteiger partial charge in [-0.1, -0.05) is 13.8 Å². The lowest BCUT2D eigenvalue weighted by molar-refractivity contribution is 0.0937. The molecule has 7 nitrogen and oxygen atoms in total. The largest absolute Gasteiger partial charge is 0.350 e. The third-order valence-corrected chi connectivity index (χ3v) is 4.43. The molecular weight excluding hydrogens is 268 g/mol. The summed E-state index contributed by atoms with van der Waals surface area (Å²) >= 11 is 0. The maximum atomic E-state index is 12.0. The molecule has 1 aromatic rings. The minimum Gasteiger partial charge on any atom is -0.350 e. The number of primary sulfonamides is 1. The van der Waals surface area contributed by atoms with Crippen LogP contribution >= 0.6 is 0 Å². The van der Waals surface area contributed by atoms with E-state index in [0.717, 1.165) is 12.8 Å². The van der Waals surface area contributed by atoms with Crippen molar-refractivity contribution in [2.24, 2.45) is 10.6 Å². The number of nitrogens with zero attached hydrogens (tertiary/aromatic N) is 1. The van der Waals surface area contributed by atoms with E-state index in [9.17, 15) is 13.2 Å². The highest BCUT2D eigenvalue weighted by molar-refractivity contribution is 7.89. The van der Waals surface area contributed by atoms with Gasteiger partial charge in [0.2, 0.25) is 10.0 Å².